The average molecular weight is 207 g/mol. The molecule has 0 amide bonds. The Morgan fingerprint density at radius 3 is 2.85 bits per heavy atom. The Morgan fingerprint density at radius 1 is 1.69 bits per heavy atom. The Morgan fingerprint density at radius 2 is 2.38 bits per heavy atom. The van der Waals surface area contributed by atoms with Crippen molar-refractivity contribution in [2.24, 2.45) is 0 Å². The lowest BCUT2D eigenvalue weighted by Crippen LogP contribution is -1.88. The maximum absolute atomic E-state index is 10.2. The van der Waals surface area contributed by atoms with Crippen LogP contribution in [-0.2, 0) is 15.7 Å². The van der Waals surface area contributed by atoms with Gasteiger partial charge in [-0.25, -0.2) is 4.57 Å². The zero-order chi connectivity index (χ0) is 9.90. The maximum Gasteiger partial charge on any atom is 0.470 e. The molecule has 0 bridgehead atoms. The molecule has 0 radical (unpaired) electrons. The molecule has 1 rings (SSSR count). The van der Waals surface area contributed by atoms with E-state index in [9.17, 15) is 9.36 Å². The molecule has 0 saturated heterocycles. The number of carbonyl (C=O) groups is 1. The second-order valence-electron chi connectivity index (χ2n) is 2.10. The van der Waals surface area contributed by atoms with Crippen molar-refractivity contribution in [3.63, 3.8) is 0 Å². The summed E-state index contributed by atoms with van der Waals surface area (Å²) in [5, 5.41) is 3.26. The van der Waals surface area contributed by atoms with Gasteiger partial charge in [0.25, 0.3) is 0 Å². The summed E-state index contributed by atoms with van der Waals surface area (Å²) in [5.41, 5.74) is 0.0457. The summed E-state index contributed by atoms with van der Waals surface area (Å²) < 4.78 is 18.8. The molecule has 8 heteroatoms. The highest BCUT2D eigenvalue weighted by molar-refractivity contribution is 7.46. The molecule has 7 nitrogen and oxygen atoms in total. The van der Waals surface area contributed by atoms with Crippen molar-refractivity contribution in [1.29, 1.82) is 0 Å². The number of hydrogen-bond donors (Lipinski definition) is 2. The molecule has 0 aliphatic heterocycles. The van der Waals surface area contributed by atoms with E-state index in [-0.39, 0.29) is 11.5 Å². The molecule has 0 atom stereocenters. The Labute approximate surface area is 72.5 Å². The number of aldehydes is 1. The van der Waals surface area contributed by atoms with E-state index in [0.717, 1.165) is 0 Å². The molecule has 0 spiro atoms. The summed E-state index contributed by atoms with van der Waals surface area (Å²) in [6.07, 6.45) is 0.449. The van der Waals surface area contributed by atoms with Crippen molar-refractivity contribution in [3.05, 3.63) is 17.5 Å². The highest BCUT2D eigenvalue weighted by Gasteiger charge is 2.15. The van der Waals surface area contributed by atoms with E-state index in [1.165, 1.54) is 6.07 Å². The smallest absolute Gasteiger partial charge is 0.358 e. The van der Waals surface area contributed by atoms with Gasteiger partial charge in [0.1, 0.15) is 12.3 Å². The number of aromatic nitrogens is 1. The SMILES string of the molecule is O=Cc1cc(COP(=O)(O)O)on1. The van der Waals surface area contributed by atoms with E-state index in [2.05, 4.69) is 14.2 Å². The van der Waals surface area contributed by atoms with Crippen LogP contribution in [0.15, 0.2) is 10.6 Å². The molecule has 0 aliphatic rings. The van der Waals surface area contributed by atoms with E-state index in [1.54, 1.807) is 0 Å². The summed E-state index contributed by atoms with van der Waals surface area (Å²) in [6.45, 7) is -0.425. The van der Waals surface area contributed by atoms with Crippen LogP contribution in [0.1, 0.15) is 16.2 Å². The lowest BCUT2D eigenvalue weighted by molar-refractivity contribution is 0.111. The average Bonchev–Trinajstić information content (AvgIpc) is 2.47. The lowest BCUT2D eigenvalue weighted by Gasteiger charge is -2.00. The molecule has 0 saturated carbocycles. The van der Waals surface area contributed by atoms with Gasteiger partial charge in [0.2, 0.25) is 0 Å². The van der Waals surface area contributed by atoms with Crippen LogP contribution in [-0.4, -0.2) is 21.2 Å². The predicted molar refractivity (Wildman–Crippen MR) is 38.7 cm³/mol. The molecule has 2 N–H and O–H groups in total. The summed E-state index contributed by atoms with van der Waals surface area (Å²) in [4.78, 5) is 26.7. The van der Waals surface area contributed by atoms with Gasteiger partial charge in [0.05, 0.1) is 0 Å². The molecule has 1 heterocycles. The van der Waals surface area contributed by atoms with Crippen LogP contribution in [0.5, 0.6) is 0 Å². The number of phosphoric ester groups is 1. The second-order valence-corrected chi connectivity index (χ2v) is 3.34. The fourth-order valence-corrected chi connectivity index (χ4v) is 0.896. The molecule has 1 aromatic rings. The van der Waals surface area contributed by atoms with Gasteiger partial charge in [-0.05, 0) is 0 Å². The quantitative estimate of drug-likeness (QED) is 0.531. The van der Waals surface area contributed by atoms with E-state index >= 15 is 0 Å². The second kappa shape index (κ2) is 3.80. The first-order valence-corrected chi connectivity index (χ1v) is 4.65. The van der Waals surface area contributed by atoms with Crippen molar-refractivity contribution < 1.29 is 28.2 Å². The molecule has 0 aromatic carbocycles. The van der Waals surface area contributed by atoms with Gasteiger partial charge >= 0.3 is 7.82 Å². The van der Waals surface area contributed by atoms with Gasteiger partial charge in [-0.3, -0.25) is 9.32 Å². The van der Waals surface area contributed by atoms with Crippen LogP contribution in [0, 0.1) is 0 Å². The number of hydrogen-bond acceptors (Lipinski definition) is 5. The molecule has 0 unspecified atom stereocenters. The first kappa shape index (κ1) is 10.1. The Hall–Kier alpha value is -1.01. The minimum Gasteiger partial charge on any atom is -0.358 e. The zero-order valence-electron chi connectivity index (χ0n) is 6.28. The van der Waals surface area contributed by atoms with Gasteiger partial charge in [-0.1, -0.05) is 5.16 Å². The van der Waals surface area contributed by atoms with E-state index in [1.807, 2.05) is 0 Å². The molecule has 72 valence electrons. The topological polar surface area (TPSA) is 110 Å². The molecular formula is C5H6NO6P. The molecule has 13 heavy (non-hydrogen) atoms. The Bertz CT molecular complexity index is 341. The maximum atomic E-state index is 10.2. The van der Waals surface area contributed by atoms with Gasteiger partial charge in [-0.2, -0.15) is 0 Å². The Balaban J connectivity index is 2.55. The van der Waals surface area contributed by atoms with Crippen molar-refractivity contribution in [3.8, 4) is 0 Å². The van der Waals surface area contributed by atoms with Gasteiger partial charge in [0, 0.05) is 6.07 Å². The fraction of sp³-hybridized carbons (Fsp3) is 0.200. The highest BCUT2D eigenvalue weighted by Crippen LogP contribution is 2.36. The summed E-state index contributed by atoms with van der Waals surface area (Å²) in [7, 11) is -4.51. The standard InChI is InChI=1S/C5H6NO6P/c7-2-4-1-5(12-6-4)3-11-13(8,9)10/h1-2H,3H2,(H2,8,9,10). The summed E-state index contributed by atoms with van der Waals surface area (Å²) >= 11 is 0. The number of carbonyl (C=O) groups excluding carboxylic acids is 1. The normalized spacial score (nSPS) is 11.5. The predicted octanol–water partition coefficient (Wildman–Crippen LogP) is 0.0964. The van der Waals surface area contributed by atoms with Crippen molar-refractivity contribution >= 4 is 14.1 Å². The van der Waals surface area contributed by atoms with Crippen LogP contribution in [0.3, 0.4) is 0 Å². The largest absolute Gasteiger partial charge is 0.470 e. The summed E-state index contributed by atoms with van der Waals surface area (Å²) in [6, 6.07) is 1.22. The number of phosphoric acid groups is 1. The van der Waals surface area contributed by atoms with Crippen LogP contribution >= 0.6 is 7.82 Å². The van der Waals surface area contributed by atoms with Crippen LogP contribution in [0.2, 0.25) is 0 Å². The minimum atomic E-state index is -4.51. The molecule has 0 aliphatic carbocycles. The first-order valence-electron chi connectivity index (χ1n) is 3.12. The third kappa shape index (κ3) is 3.47. The zero-order valence-corrected chi connectivity index (χ0v) is 7.18. The lowest BCUT2D eigenvalue weighted by atomic mass is 10.4. The van der Waals surface area contributed by atoms with Gasteiger partial charge in [-0.15, -0.1) is 0 Å². The van der Waals surface area contributed by atoms with E-state index in [0.29, 0.717) is 6.29 Å². The van der Waals surface area contributed by atoms with Gasteiger partial charge < -0.3 is 14.3 Å². The van der Waals surface area contributed by atoms with Crippen molar-refractivity contribution in [1.82, 2.24) is 5.16 Å². The van der Waals surface area contributed by atoms with Crippen LogP contribution in [0.25, 0.3) is 0 Å². The first-order chi connectivity index (χ1) is 6.01. The molecule has 1 aromatic heterocycles. The van der Waals surface area contributed by atoms with Crippen molar-refractivity contribution in [2.75, 3.05) is 0 Å². The van der Waals surface area contributed by atoms with Crippen LogP contribution in [0.4, 0.5) is 0 Å². The van der Waals surface area contributed by atoms with Crippen molar-refractivity contribution in [2.45, 2.75) is 6.61 Å². The minimum absolute atomic E-state index is 0.0457. The fourth-order valence-electron chi connectivity index (χ4n) is 0.600. The molecule has 0 fully saturated rings. The number of rotatable bonds is 4. The third-order valence-electron chi connectivity index (χ3n) is 1.07. The molecular weight excluding hydrogens is 201 g/mol. The number of nitrogens with zero attached hydrogens (tertiary/aromatic N) is 1. The van der Waals surface area contributed by atoms with Gasteiger partial charge in [0.15, 0.2) is 12.0 Å². The Kier molecular flexibility index (Phi) is 2.94. The summed E-state index contributed by atoms with van der Waals surface area (Å²) in [5.74, 6) is 0.0745. The van der Waals surface area contributed by atoms with E-state index < -0.39 is 14.4 Å². The highest BCUT2D eigenvalue weighted by atomic mass is 31.2. The van der Waals surface area contributed by atoms with E-state index in [4.69, 9.17) is 9.79 Å². The van der Waals surface area contributed by atoms with Crippen LogP contribution < -0.4 is 0 Å². The monoisotopic (exact) mass is 207 g/mol. The third-order valence-corrected chi connectivity index (χ3v) is 1.54.